The third-order valence-corrected chi connectivity index (χ3v) is 3.89. The highest BCUT2D eigenvalue weighted by Gasteiger charge is 2.18. The molecule has 4 N–H and O–H groups in total. The van der Waals surface area contributed by atoms with Gasteiger partial charge in [0.2, 0.25) is 0 Å². The number of nitrogens with two attached hydrogens (primary N) is 1. The molecule has 0 aliphatic heterocycles. The van der Waals surface area contributed by atoms with E-state index in [4.69, 9.17) is 5.73 Å². The van der Waals surface area contributed by atoms with Gasteiger partial charge in [-0.3, -0.25) is 9.59 Å². The fourth-order valence-electron chi connectivity index (χ4n) is 2.06. The predicted octanol–water partition coefficient (Wildman–Crippen LogP) is 3.86. The third kappa shape index (κ3) is 5.80. The SMILES string of the molecule is CCC(C)(C)NC(=O)c1ccc(NC(=O)c2cccc(N)c2)cc1.Cl. The van der Waals surface area contributed by atoms with E-state index in [1.54, 1.807) is 48.5 Å². The number of carbonyl (C=O) groups excluding carboxylic acids is 2. The summed E-state index contributed by atoms with van der Waals surface area (Å²) in [5, 5.41) is 5.76. The Morgan fingerprint density at radius 2 is 1.64 bits per heavy atom. The van der Waals surface area contributed by atoms with Gasteiger partial charge in [-0.15, -0.1) is 12.4 Å². The lowest BCUT2D eigenvalue weighted by atomic mass is 10.0. The van der Waals surface area contributed by atoms with Crippen molar-refractivity contribution in [3.8, 4) is 0 Å². The van der Waals surface area contributed by atoms with Crippen LogP contribution in [-0.4, -0.2) is 17.4 Å². The number of halogens is 1. The number of carbonyl (C=O) groups is 2. The molecule has 0 aliphatic rings. The highest BCUT2D eigenvalue weighted by molar-refractivity contribution is 6.05. The quantitative estimate of drug-likeness (QED) is 0.707. The molecule has 0 atom stereocenters. The maximum Gasteiger partial charge on any atom is 0.255 e. The summed E-state index contributed by atoms with van der Waals surface area (Å²) in [5.41, 5.74) is 7.62. The minimum absolute atomic E-state index is 0. The van der Waals surface area contributed by atoms with Gasteiger partial charge in [0.05, 0.1) is 0 Å². The molecule has 2 amide bonds. The molecule has 0 spiro atoms. The number of nitrogen functional groups attached to an aromatic ring is 1. The summed E-state index contributed by atoms with van der Waals surface area (Å²) in [5.74, 6) is -0.373. The maximum absolute atomic E-state index is 12.2. The molecule has 0 fully saturated rings. The fourth-order valence-corrected chi connectivity index (χ4v) is 2.06. The van der Waals surface area contributed by atoms with E-state index in [0.29, 0.717) is 22.5 Å². The minimum atomic E-state index is -0.253. The molecule has 0 heterocycles. The summed E-state index contributed by atoms with van der Waals surface area (Å²) >= 11 is 0. The highest BCUT2D eigenvalue weighted by atomic mass is 35.5. The number of nitrogens with one attached hydrogen (secondary N) is 2. The first-order chi connectivity index (χ1) is 11.3. The zero-order valence-corrected chi connectivity index (χ0v) is 15.4. The molecule has 2 aromatic rings. The molecule has 2 rings (SSSR count). The van der Waals surface area contributed by atoms with Crippen LogP contribution in [0.2, 0.25) is 0 Å². The Morgan fingerprint density at radius 1 is 1.00 bits per heavy atom. The van der Waals surface area contributed by atoms with Gasteiger partial charge in [-0.25, -0.2) is 0 Å². The first-order valence-electron chi connectivity index (χ1n) is 7.90. The van der Waals surface area contributed by atoms with Crippen molar-refractivity contribution in [2.45, 2.75) is 32.7 Å². The van der Waals surface area contributed by atoms with E-state index in [0.717, 1.165) is 6.42 Å². The minimum Gasteiger partial charge on any atom is -0.399 e. The highest BCUT2D eigenvalue weighted by Crippen LogP contribution is 2.14. The summed E-state index contributed by atoms with van der Waals surface area (Å²) in [6.45, 7) is 5.98. The molecule has 5 nitrogen and oxygen atoms in total. The smallest absolute Gasteiger partial charge is 0.255 e. The Hall–Kier alpha value is -2.53. The Kier molecular flexibility index (Phi) is 7.00. The van der Waals surface area contributed by atoms with E-state index in [-0.39, 0.29) is 29.8 Å². The van der Waals surface area contributed by atoms with Gasteiger partial charge in [-0.2, -0.15) is 0 Å². The van der Waals surface area contributed by atoms with Gasteiger partial charge >= 0.3 is 0 Å². The van der Waals surface area contributed by atoms with E-state index in [9.17, 15) is 9.59 Å². The number of hydrogen-bond donors (Lipinski definition) is 3. The molecule has 0 saturated carbocycles. The van der Waals surface area contributed by atoms with Gasteiger partial charge < -0.3 is 16.4 Å². The van der Waals surface area contributed by atoms with Crippen molar-refractivity contribution >= 4 is 35.6 Å². The molecular weight excluding hydrogens is 338 g/mol. The van der Waals surface area contributed by atoms with Crippen LogP contribution in [-0.2, 0) is 0 Å². The third-order valence-electron chi connectivity index (χ3n) is 3.89. The molecule has 0 unspecified atom stereocenters. The zero-order chi connectivity index (χ0) is 17.7. The topological polar surface area (TPSA) is 84.2 Å². The van der Waals surface area contributed by atoms with Crippen molar-refractivity contribution in [2.75, 3.05) is 11.1 Å². The lowest BCUT2D eigenvalue weighted by molar-refractivity contribution is 0.0911. The fraction of sp³-hybridized carbons (Fsp3) is 0.263. The van der Waals surface area contributed by atoms with Gasteiger partial charge in [0.15, 0.2) is 0 Å². The van der Waals surface area contributed by atoms with E-state index < -0.39 is 0 Å². The maximum atomic E-state index is 12.2. The van der Waals surface area contributed by atoms with Gasteiger partial charge in [0, 0.05) is 28.0 Å². The average molecular weight is 362 g/mol. The second-order valence-electron chi connectivity index (χ2n) is 6.35. The monoisotopic (exact) mass is 361 g/mol. The van der Waals surface area contributed by atoms with Crippen LogP contribution in [0.25, 0.3) is 0 Å². The van der Waals surface area contributed by atoms with Crippen LogP contribution in [0.4, 0.5) is 11.4 Å². The van der Waals surface area contributed by atoms with E-state index in [1.165, 1.54) is 0 Å². The van der Waals surface area contributed by atoms with Crippen LogP contribution in [0.15, 0.2) is 48.5 Å². The number of rotatable bonds is 5. The van der Waals surface area contributed by atoms with Crippen LogP contribution in [0, 0.1) is 0 Å². The van der Waals surface area contributed by atoms with Crippen LogP contribution >= 0.6 is 12.4 Å². The molecule has 0 radical (unpaired) electrons. The molecule has 0 aromatic heterocycles. The average Bonchev–Trinajstić information content (AvgIpc) is 2.55. The van der Waals surface area contributed by atoms with Crippen molar-refractivity contribution in [1.29, 1.82) is 0 Å². The van der Waals surface area contributed by atoms with Crippen LogP contribution in [0.5, 0.6) is 0 Å². The Bertz CT molecular complexity index is 743. The van der Waals surface area contributed by atoms with Crippen molar-refractivity contribution in [3.63, 3.8) is 0 Å². The van der Waals surface area contributed by atoms with Crippen molar-refractivity contribution in [3.05, 3.63) is 59.7 Å². The molecular formula is C19H24ClN3O2. The molecule has 6 heteroatoms. The van der Waals surface area contributed by atoms with Gasteiger partial charge in [0.25, 0.3) is 11.8 Å². The number of hydrogen-bond acceptors (Lipinski definition) is 3. The van der Waals surface area contributed by atoms with E-state index >= 15 is 0 Å². The number of anilines is 2. The van der Waals surface area contributed by atoms with E-state index in [1.807, 2.05) is 20.8 Å². The van der Waals surface area contributed by atoms with E-state index in [2.05, 4.69) is 10.6 Å². The predicted molar refractivity (Wildman–Crippen MR) is 104 cm³/mol. The summed E-state index contributed by atoms with van der Waals surface area (Å²) < 4.78 is 0. The molecule has 25 heavy (non-hydrogen) atoms. The standard InChI is InChI=1S/C19H23N3O2.ClH/c1-4-19(2,3)22-18(24)13-8-10-16(11-9-13)21-17(23)14-6-5-7-15(20)12-14;/h5-12H,4,20H2,1-3H3,(H,21,23)(H,22,24);1H. The zero-order valence-electron chi connectivity index (χ0n) is 14.6. The van der Waals surface area contributed by atoms with Crippen molar-refractivity contribution < 1.29 is 9.59 Å². The Balaban J connectivity index is 0.00000312. The Labute approximate surface area is 154 Å². The molecule has 0 saturated heterocycles. The largest absolute Gasteiger partial charge is 0.399 e. The normalized spacial score (nSPS) is 10.5. The van der Waals surface area contributed by atoms with Gasteiger partial charge in [-0.1, -0.05) is 13.0 Å². The Morgan fingerprint density at radius 3 is 2.20 bits per heavy atom. The van der Waals surface area contributed by atoms with Crippen LogP contribution in [0.1, 0.15) is 47.9 Å². The van der Waals surface area contributed by atoms with Gasteiger partial charge in [-0.05, 0) is 62.7 Å². The summed E-state index contributed by atoms with van der Waals surface area (Å²) in [4.78, 5) is 24.4. The lowest BCUT2D eigenvalue weighted by Crippen LogP contribution is -2.42. The van der Waals surface area contributed by atoms with Crippen LogP contribution in [0.3, 0.4) is 0 Å². The van der Waals surface area contributed by atoms with Gasteiger partial charge in [0.1, 0.15) is 0 Å². The molecule has 0 bridgehead atoms. The summed E-state index contributed by atoms with van der Waals surface area (Å²) in [6, 6.07) is 13.6. The molecule has 0 aliphatic carbocycles. The first kappa shape index (κ1) is 20.5. The summed E-state index contributed by atoms with van der Waals surface area (Å²) in [6.07, 6.45) is 0.840. The number of benzene rings is 2. The van der Waals surface area contributed by atoms with Crippen molar-refractivity contribution in [2.24, 2.45) is 0 Å². The molecule has 134 valence electrons. The molecule has 2 aromatic carbocycles. The second kappa shape index (κ2) is 8.53. The second-order valence-corrected chi connectivity index (χ2v) is 6.35. The lowest BCUT2D eigenvalue weighted by Gasteiger charge is -2.24. The van der Waals surface area contributed by atoms with Crippen molar-refractivity contribution in [1.82, 2.24) is 5.32 Å². The first-order valence-corrected chi connectivity index (χ1v) is 7.90. The van der Waals surface area contributed by atoms with Crippen LogP contribution < -0.4 is 16.4 Å². The number of amides is 2. The summed E-state index contributed by atoms with van der Waals surface area (Å²) in [7, 11) is 0.